The molecule has 2 aromatic heterocycles. The lowest BCUT2D eigenvalue weighted by atomic mass is 10.2. The molecule has 3 heterocycles. The third-order valence-corrected chi connectivity index (χ3v) is 4.34. The van der Waals surface area contributed by atoms with Crippen molar-refractivity contribution in [2.24, 2.45) is 0 Å². The Labute approximate surface area is 111 Å². The van der Waals surface area contributed by atoms with Crippen molar-refractivity contribution in [3.8, 4) is 0 Å². The van der Waals surface area contributed by atoms with Gasteiger partial charge in [-0.15, -0.1) is 11.3 Å². The average Bonchev–Trinajstić information content (AvgIpc) is 3.05. The Kier molecular flexibility index (Phi) is 3.19. The number of aryl methyl sites for hydroxylation is 1. The van der Waals surface area contributed by atoms with Crippen molar-refractivity contribution in [3.63, 3.8) is 0 Å². The number of carbonyl (C=O) groups excluding carboxylic acids is 1. The molecule has 0 saturated carbocycles. The van der Waals surface area contributed by atoms with Crippen molar-refractivity contribution in [1.29, 1.82) is 0 Å². The molecule has 1 aliphatic heterocycles. The van der Waals surface area contributed by atoms with Gasteiger partial charge in [0.25, 0.3) is 0 Å². The second kappa shape index (κ2) is 4.98. The fourth-order valence-electron chi connectivity index (χ4n) is 2.37. The zero-order chi connectivity index (χ0) is 12.4. The van der Waals surface area contributed by atoms with Gasteiger partial charge in [0.05, 0.1) is 6.54 Å². The minimum Gasteiger partial charge on any atom is -0.348 e. The molecule has 0 bridgehead atoms. The van der Waals surface area contributed by atoms with Gasteiger partial charge in [-0.25, -0.2) is 0 Å². The van der Waals surface area contributed by atoms with Gasteiger partial charge in [0.1, 0.15) is 0 Å². The van der Waals surface area contributed by atoms with E-state index in [1.807, 2.05) is 11.0 Å². The molecular weight excluding hydrogens is 244 g/mol. The van der Waals surface area contributed by atoms with Crippen LogP contribution in [0.1, 0.15) is 17.0 Å². The molecule has 2 aromatic rings. The summed E-state index contributed by atoms with van der Waals surface area (Å²) in [5.41, 5.74) is 1.24. The van der Waals surface area contributed by atoms with Gasteiger partial charge in [0.2, 0.25) is 5.91 Å². The van der Waals surface area contributed by atoms with E-state index in [9.17, 15) is 4.79 Å². The van der Waals surface area contributed by atoms with Crippen LogP contribution in [0, 0.1) is 0 Å². The minimum atomic E-state index is 0.274. The molecule has 94 valence electrons. The summed E-state index contributed by atoms with van der Waals surface area (Å²) in [4.78, 5) is 15.4. The smallest absolute Gasteiger partial charge is 0.223 e. The molecule has 0 fully saturated rings. The van der Waals surface area contributed by atoms with Crippen LogP contribution in [0.3, 0.4) is 0 Å². The molecule has 1 aliphatic rings. The molecule has 18 heavy (non-hydrogen) atoms. The van der Waals surface area contributed by atoms with Gasteiger partial charge < -0.3 is 9.47 Å². The third kappa shape index (κ3) is 2.34. The average molecular weight is 260 g/mol. The molecule has 0 radical (unpaired) electrons. The fourth-order valence-corrected chi connectivity index (χ4v) is 3.08. The lowest BCUT2D eigenvalue weighted by Crippen LogP contribution is -2.37. The van der Waals surface area contributed by atoms with Gasteiger partial charge >= 0.3 is 0 Å². The van der Waals surface area contributed by atoms with E-state index in [-0.39, 0.29) is 5.91 Å². The van der Waals surface area contributed by atoms with Gasteiger partial charge in [0, 0.05) is 36.3 Å². The van der Waals surface area contributed by atoms with Crippen LogP contribution in [0.25, 0.3) is 0 Å². The highest BCUT2D eigenvalue weighted by atomic mass is 32.1. The minimum absolute atomic E-state index is 0.274. The summed E-state index contributed by atoms with van der Waals surface area (Å²) < 4.78 is 2.23. The summed E-state index contributed by atoms with van der Waals surface area (Å²) in [7, 11) is 0. The molecule has 0 aromatic carbocycles. The van der Waals surface area contributed by atoms with E-state index in [2.05, 4.69) is 34.3 Å². The topological polar surface area (TPSA) is 25.2 Å². The van der Waals surface area contributed by atoms with E-state index in [1.54, 1.807) is 11.3 Å². The lowest BCUT2D eigenvalue weighted by Gasteiger charge is -2.28. The Hall–Kier alpha value is -1.55. The van der Waals surface area contributed by atoms with Crippen molar-refractivity contribution in [2.75, 3.05) is 6.54 Å². The van der Waals surface area contributed by atoms with E-state index in [0.717, 1.165) is 26.1 Å². The quantitative estimate of drug-likeness (QED) is 0.832. The molecule has 4 heteroatoms. The number of aromatic nitrogens is 1. The Morgan fingerprint density at radius 2 is 2.22 bits per heavy atom. The van der Waals surface area contributed by atoms with Gasteiger partial charge in [-0.2, -0.15) is 0 Å². The maximum atomic E-state index is 12.1. The highest BCUT2D eigenvalue weighted by Crippen LogP contribution is 2.16. The maximum absolute atomic E-state index is 12.1. The standard InChI is InChI=1S/C14H16N2OS/c17-14(6-5-13-4-2-10-18-13)16-9-8-15-7-1-3-12(15)11-16/h1-4,7,10H,5-6,8-9,11H2. The number of nitrogens with zero attached hydrogens (tertiary/aromatic N) is 2. The molecule has 3 rings (SSSR count). The first-order valence-electron chi connectivity index (χ1n) is 6.27. The first-order chi connectivity index (χ1) is 8.83. The predicted octanol–water partition coefficient (Wildman–Crippen LogP) is 2.52. The monoisotopic (exact) mass is 260 g/mol. The molecule has 0 atom stereocenters. The Balaban J connectivity index is 1.57. The number of thiophene rings is 1. The predicted molar refractivity (Wildman–Crippen MR) is 72.5 cm³/mol. The molecule has 0 aliphatic carbocycles. The number of rotatable bonds is 3. The number of carbonyl (C=O) groups is 1. The highest BCUT2D eigenvalue weighted by molar-refractivity contribution is 7.09. The van der Waals surface area contributed by atoms with Crippen molar-refractivity contribution in [1.82, 2.24) is 9.47 Å². The van der Waals surface area contributed by atoms with Crippen molar-refractivity contribution >= 4 is 17.2 Å². The van der Waals surface area contributed by atoms with E-state index in [1.165, 1.54) is 10.6 Å². The summed E-state index contributed by atoms with van der Waals surface area (Å²) in [6, 6.07) is 8.28. The lowest BCUT2D eigenvalue weighted by molar-refractivity contribution is -0.132. The second-order valence-electron chi connectivity index (χ2n) is 4.59. The normalized spacial score (nSPS) is 14.6. The zero-order valence-electron chi connectivity index (χ0n) is 10.2. The summed E-state index contributed by atoms with van der Waals surface area (Å²) in [6.07, 6.45) is 3.58. The van der Waals surface area contributed by atoms with Crippen molar-refractivity contribution in [3.05, 3.63) is 46.4 Å². The molecule has 0 spiro atoms. The fraction of sp³-hybridized carbons (Fsp3) is 0.357. The highest BCUT2D eigenvalue weighted by Gasteiger charge is 2.19. The number of fused-ring (bicyclic) bond motifs is 1. The van der Waals surface area contributed by atoms with Gasteiger partial charge in [-0.05, 0) is 30.0 Å². The Bertz CT molecular complexity index is 530. The summed E-state index contributed by atoms with van der Waals surface area (Å²) in [6.45, 7) is 2.52. The van der Waals surface area contributed by atoms with Crippen LogP contribution in [0.15, 0.2) is 35.8 Å². The zero-order valence-corrected chi connectivity index (χ0v) is 11.0. The van der Waals surface area contributed by atoms with E-state index < -0.39 is 0 Å². The summed E-state index contributed by atoms with van der Waals surface area (Å²) in [5.74, 6) is 0.274. The molecule has 0 unspecified atom stereocenters. The van der Waals surface area contributed by atoms with Crippen molar-refractivity contribution in [2.45, 2.75) is 25.9 Å². The van der Waals surface area contributed by atoms with Crippen LogP contribution >= 0.6 is 11.3 Å². The Morgan fingerprint density at radius 3 is 3.06 bits per heavy atom. The maximum Gasteiger partial charge on any atom is 0.223 e. The largest absolute Gasteiger partial charge is 0.348 e. The van der Waals surface area contributed by atoms with Crippen LogP contribution in [-0.2, 0) is 24.3 Å². The Morgan fingerprint density at radius 1 is 1.28 bits per heavy atom. The van der Waals surface area contributed by atoms with Gasteiger partial charge in [0.15, 0.2) is 0 Å². The first-order valence-corrected chi connectivity index (χ1v) is 7.15. The molecular formula is C14H16N2OS. The van der Waals surface area contributed by atoms with Crippen LogP contribution in [0.2, 0.25) is 0 Å². The van der Waals surface area contributed by atoms with E-state index in [0.29, 0.717) is 6.42 Å². The first kappa shape index (κ1) is 11.5. The van der Waals surface area contributed by atoms with Crippen LogP contribution in [0.5, 0.6) is 0 Å². The molecule has 3 nitrogen and oxygen atoms in total. The number of hydrogen-bond donors (Lipinski definition) is 0. The SMILES string of the molecule is O=C(CCc1cccs1)N1CCn2cccc2C1. The van der Waals surface area contributed by atoms with Gasteiger partial charge in [-0.1, -0.05) is 6.07 Å². The van der Waals surface area contributed by atoms with E-state index >= 15 is 0 Å². The number of hydrogen-bond acceptors (Lipinski definition) is 2. The van der Waals surface area contributed by atoms with E-state index in [4.69, 9.17) is 0 Å². The third-order valence-electron chi connectivity index (χ3n) is 3.41. The summed E-state index contributed by atoms with van der Waals surface area (Å²) in [5, 5.41) is 2.06. The van der Waals surface area contributed by atoms with Crippen LogP contribution < -0.4 is 0 Å². The van der Waals surface area contributed by atoms with Crippen molar-refractivity contribution < 1.29 is 4.79 Å². The van der Waals surface area contributed by atoms with Crippen LogP contribution in [0.4, 0.5) is 0 Å². The second-order valence-corrected chi connectivity index (χ2v) is 5.62. The van der Waals surface area contributed by atoms with Gasteiger partial charge in [-0.3, -0.25) is 4.79 Å². The molecule has 0 N–H and O–H groups in total. The molecule has 0 saturated heterocycles. The van der Waals surface area contributed by atoms with Crippen LogP contribution in [-0.4, -0.2) is 21.9 Å². The molecule has 1 amide bonds. The summed E-state index contributed by atoms with van der Waals surface area (Å²) >= 11 is 1.73. The number of amides is 1.